The molecule has 3 aromatic rings. The average molecular weight is 378 g/mol. The summed E-state index contributed by atoms with van der Waals surface area (Å²) >= 11 is 1.58. The van der Waals surface area contributed by atoms with Crippen molar-refractivity contribution in [3.63, 3.8) is 0 Å². The van der Waals surface area contributed by atoms with Crippen LogP contribution in [0.25, 0.3) is 11.6 Å². The van der Waals surface area contributed by atoms with Crippen LogP contribution in [0, 0.1) is 6.92 Å². The van der Waals surface area contributed by atoms with Crippen molar-refractivity contribution in [2.45, 2.75) is 20.4 Å². The van der Waals surface area contributed by atoms with E-state index in [9.17, 15) is 4.79 Å². The van der Waals surface area contributed by atoms with E-state index in [0.717, 1.165) is 27.6 Å². The number of nitrogens with zero attached hydrogens (tertiary/aromatic N) is 1. The zero-order valence-electron chi connectivity index (χ0n) is 15.4. The van der Waals surface area contributed by atoms with Gasteiger partial charge in [-0.05, 0) is 43.2 Å². The second-order valence-corrected chi connectivity index (χ2v) is 7.03. The minimum atomic E-state index is -0.124. The van der Waals surface area contributed by atoms with Crippen LogP contribution in [-0.4, -0.2) is 17.5 Å². The molecule has 4 nitrogen and oxygen atoms in total. The molecule has 0 aliphatic rings. The minimum absolute atomic E-state index is 0.124. The van der Waals surface area contributed by atoms with Crippen LogP contribution in [-0.2, 0) is 11.3 Å². The first-order valence-electron chi connectivity index (χ1n) is 8.85. The number of carbonyl (C=O) groups is 1. The van der Waals surface area contributed by atoms with E-state index >= 15 is 0 Å². The fourth-order valence-corrected chi connectivity index (χ4v) is 3.26. The summed E-state index contributed by atoms with van der Waals surface area (Å²) < 4.78 is 5.48. The maximum atomic E-state index is 12.9. The number of nitrogens with one attached hydrogen (secondary N) is 1. The van der Waals surface area contributed by atoms with Gasteiger partial charge in [-0.1, -0.05) is 42.5 Å². The molecule has 1 N–H and O–H groups in total. The Morgan fingerprint density at radius 3 is 2.52 bits per heavy atom. The highest BCUT2D eigenvalue weighted by atomic mass is 32.1. The van der Waals surface area contributed by atoms with Crippen LogP contribution in [0.5, 0.6) is 5.75 Å². The molecule has 1 aromatic heterocycles. The van der Waals surface area contributed by atoms with Gasteiger partial charge in [0.25, 0.3) is 5.91 Å². The third-order valence-electron chi connectivity index (χ3n) is 3.93. The lowest BCUT2D eigenvalue weighted by molar-refractivity contribution is -0.115. The van der Waals surface area contributed by atoms with E-state index in [0.29, 0.717) is 18.7 Å². The normalized spacial score (nSPS) is 11.3. The summed E-state index contributed by atoms with van der Waals surface area (Å²) in [6.07, 6.45) is 1.90. The number of thiazole rings is 1. The predicted octanol–water partition coefficient (Wildman–Crippen LogP) is 4.71. The Labute approximate surface area is 163 Å². The fraction of sp³-hybridized carbons (Fsp3) is 0.182. The zero-order valence-corrected chi connectivity index (χ0v) is 16.3. The molecule has 1 heterocycles. The van der Waals surface area contributed by atoms with Crippen LogP contribution in [0.15, 0.2) is 60.0 Å². The Morgan fingerprint density at radius 2 is 1.89 bits per heavy atom. The number of carbonyl (C=O) groups excluding carboxylic acids is 1. The van der Waals surface area contributed by atoms with Crippen LogP contribution in [0.1, 0.15) is 28.8 Å². The lowest BCUT2D eigenvalue weighted by Crippen LogP contribution is -2.24. The van der Waals surface area contributed by atoms with Gasteiger partial charge in [0.2, 0.25) is 0 Å². The van der Waals surface area contributed by atoms with Gasteiger partial charge in [0.15, 0.2) is 0 Å². The molecule has 0 atom stereocenters. The van der Waals surface area contributed by atoms with Gasteiger partial charge in [0.1, 0.15) is 5.75 Å². The molecular weight excluding hydrogens is 356 g/mol. The quantitative estimate of drug-likeness (QED) is 0.479. The van der Waals surface area contributed by atoms with Crippen LogP contribution >= 0.6 is 11.3 Å². The maximum Gasteiger partial charge on any atom is 0.252 e. The Balaban J connectivity index is 1.83. The number of ether oxygens (including phenoxy) is 1. The van der Waals surface area contributed by atoms with Crippen molar-refractivity contribution < 1.29 is 9.53 Å². The van der Waals surface area contributed by atoms with E-state index in [1.807, 2.05) is 79.9 Å². The summed E-state index contributed by atoms with van der Waals surface area (Å²) in [7, 11) is 0. The van der Waals surface area contributed by atoms with Gasteiger partial charge >= 0.3 is 0 Å². The highest BCUT2D eigenvalue weighted by Crippen LogP contribution is 2.21. The number of hydrogen-bond donors (Lipinski definition) is 1. The molecule has 1 amide bonds. The summed E-state index contributed by atoms with van der Waals surface area (Å²) in [5, 5.41) is 5.93. The summed E-state index contributed by atoms with van der Waals surface area (Å²) in [6.45, 7) is 4.95. The summed E-state index contributed by atoms with van der Waals surface area (Å²) in [6, 6.07) is 17.4. The van der Waals surface area contributed by atoms with Crippen LogP contribution in [0.4, 0.5) is 0 Å². The Bertz CT molecular complexity index is 915. The first kappa shape index (κ1) is 18.9. The van der Waals surface area contributed by atoms with Gasteiger partial charge in [-0.3, -0.25) is 4.79 Å². The van der Waals surface area contributed by atoms with Crippen LogP contribution in [0.2, 0.25) is 0 Å². The molecule has 0 bridgehead atoms. The number of rotatable bonds is 7. The van der Waals surface area contributed by atoms with Crippen molar-refractivity contribution in [3.05, 3.63) is 81.8 Å². The van der Waals surface area contributed by atoms with E-state index in [1.165, 1.54) is 0 Å². The highest BCUT2D eigenvalue weighted by molar-refractivity contribution is 7.09. The van der Waals surface area contributed by atoms with E-state index in [1.54, 1.807) is 11.3 Å². The lowest BCUT2D eigenvalue weighted by Gasteiger charge is -2.09. The Morgan fingerprint density at radius 1 is 1.15 bits per heavy atom. The minimum Gasteiger partial charge on any atom is -0.494 e. The molecule has 0 radical (unpaired) electrons. The lowest BCUT2D eigenvalue weighted by atomic mass is 10.0. The number of aryl methyl sites for hydroxylation is 1. The largest absolute Gasteiger partial charge is 0.494 e. The van der Waals surface area contributed by atoms with Gasteiger partial charge in [0, 0.05) is 11.0 Å². The van der Waals surface area contributed by atoms with E-state index < -0.39 is 0 Å². The molecule has 0 saturated heterocycles. The molecule has 2 aromatic carbocycles. The molecule has 3 rings (SSSR count). The van der Waals surface area contributed by atoms with E-state index in [-0.39, 0.29) is 5.91 Å². The summed E-state index contributed by atoms with van der Waals surface area (Å²) in [5.41, 5.74) is 3.31. The summed E-state index contributed by atoms with van der Waals surface area (Å²) in [5.74, 6) is 0.694. The number of amides is 1. The van der Waals surface area contributed by atoms with E-state index in [4.69, 9.17) is 4.74 Å². The van der Waals surface area contributed by atoms with Crippen molar-refractivity contribution in [3.8, 4) is 5.75 Å². The maximum absolute atomic E-state index is 12.9. The smallest absolute Gasteiger partial charge is 0.252 e. The zero-order chi connectivity index (χ0) is 19.1. The third kappa shape index (κ3) is 5.28. The highest BCUT2D eigenvalue weighted by Gasteiger charge is 2.12. The number of aromatic nitrogens is 1. The predicted molar refractivity (Wildman–Crippen MR) is 111 cm³/mol. The summed E-state index contributed by atoms with van der Waals surface area (Å²) in [4.78, 5) is 17.3. The van der Waals surface area contributed by atoms with Crippen molar-refractivity contribution in [1.29, 1.82) is 0 Å². The molecule has 0 aliphatic heterocycles. The monoisotopic (exact) mass is 378 g/mol. The van der Waals surface area contributed by atoms with E-state index in [2.05, 4.69) is 10.3 Å². The first-order chi connectivity index (χ1) is 13.2. The molecule has 0 aliphatic carbocycles. The standard InChI is InChI=1S/C22H22N2O2S/c1-3-26-20-11-9-17(10-12-20)13-21(18-7-5-4-6-8-18)22(25)23-14-19-15-27-16(2)24-19/h4-13,15H,3,14H2,1-2H3,(H,23,25)/b21-13+. The molecular formula is C22H22N2O2S. The van der Waals surface area contributed by atoms with Crippen molar-refractivity contribution in [1.82, 2.24) is 10.3 Å². The Hall–Kier alpha value is -2.92. The average Bonchev–Trinajstić information content (AvgIpc) is 3.11. The number of benzene rings is 2. The third-order valence-corrected chi connectivity index (χ3v) is 4.75. The molecule has 0 saturated carbocycles. The van der Waals surface area contributed by atoms with Crippen molar-refractivity contribution in [2.75, 3.05) is 6.61 Å². The van der Waals surface area contributed by atoms with Crippen molar-refractivity contribution >= 4 is 28.9 Å². The molecule has 0 unspecified atom stereocenters. The van der Waals surface area contributed by atoms with Gasteiger partial charge in [-0.15, -0.1) is 11.3 Å². The second-order valence-electron chi connectivity index (χ2n) is 5.97. The molecule has 138 valence electrons. The van der Waals surface area contributed by atoms with Crippen LogP contribution in [0.3, 0.4) is 0 Å². The van der Waals surface area contributed by atoms with Gasteiger partial charge < -0.3 is 10.1 Å². The molecule has 0 spiro atoms. The van der Waals surface area contributed by atoms with Crippen molar-refractivity contribution in [2.24, 2.45) is 0 Å². The topological polar surface area (TPSA) is 51.2 Å². The van der Waals surface area contributed by atoms with Gasteiger partial charge in [-0.25, -0.2) is 4.98 Å². The molecule has 27 heavy (non-hydrogen) atoms. The number of hydrogen-bond acceptors (Lipinski definition) is 4. The SMILES string of the molecule is CCOc1ccc(/C=C(/C(=O)NCc2csc(C)n2)c2ccccc2)cc1. The molecule has 5 heteroatoms. The van der Waals surface area contributed by atoms with Gasteiger partial charge in [0.05, 0.1) is 23.9 Å². The van der Waals surface area contributed by atoms with Crippen LogP contribution < -0.4 is 10.1 Å². The fourth-order valence-electron chi connectivity index (χ4n) is 2.65. The van der Waals surface area contributed by atoms with Gasteiger partial charge in [-0.2, -0.15) is 0 Å². The second kappa shape index (κ2) is 9.14. The molecule has 0 fully saturated rings. The Kier molecular flexibility index (Phi) is 6.39. The first-order valence-corrected chi connectivity index (χ1v) is 9.73.